The largest absolute Gasteiger partial charge is 0.484 e. The van der Waals surface area contributed by atoms with Crippen molar-refractivity contribution >= 4 is 27.7 Å². The Bertz CT molecular complexity index is 438. The van der Waals surface area contributed by atoms with Crippen LogP contribution in [0.4, 0.5) is 0 Å². The molecule has 1 heterocycles. The molecule has 2 unspecified atom stereocenters. The fourth-order valence-electron chi connectivity index (χ4n) is 1.62. The second kappa shape index (κ2) is 5.86. The standard InChI is InChI=1S/C12H13BrN2O3/c13-6-9-11(12(17)14-9)15-10(16)7-18-8-4-2-1-3-5-8/h1-5,9,11H,6-7H2,(H,14,17)(H,15,16). The smallest absolute Gasteiger partial charge is 0.258 e. The summed E-state index contributed by atoms with van der Waals surface area (Å²) in [4.78, 5) is 22.8. The molecule has 2 atom stereocenters. The maximum absolute atomic E-state index is 11.6. The number of carbonyl (C=O) groups is 2. The zero-order chi connectivity index (χ0) is 13.0. The molecule has 1 fully saturated rings. The minimum Gasteiger partial charge on any atom is -0.484 e. The van der Waals surface area contributed by atoms with Gasteiger partial charge in [0, 0.05) is 5.33 Å². The molecule has 1 aromatic carbocycles. The lowest BCUT2D eigenvalue weighted by Gasteiger charge is -2.35. The molecule has 2 rings (SSSR count). The first kappa shape index (κ1) is 12.9. The van der Waals surface area contributed by atoms with E-state index in [1.165, 1.54) is 0 Å². The molecular weight excluding hydrogens is 300 g/mol. The van der Waals surface area contributed by atoms with E-state index in [1.807, 2.05) is 18.2 Å². The van der Waals surface area contributed by atoms with Gasteiger partial charge in [0.2, 0.25) is 5.91 Å². The van der Waals surface area contributed by atoms with Crippen molar-refractivity contribution in [1.82, 2.24) is 10.6 Å². The molecule has 0 radical (unpaired) electrons. The fourth-order valence-corrected chi connectivity index (χ4v) is 2.15. The Morgan fingerprint density at radius 3 is 2.72 bits per heavy atom. The summed E-state index contributed by atoms with van der Waals surface area (Å²) in [6.07, 6.45) is 0. The Morgan fingerprint density at radius 1 is 1.39 bits per heavy atom. The zero-order valence-corrected chi connectivity index (χ0v) is 11.1. The molecule has 0 spiro atoms. The van der Waals surface area contributed by atoms with Crippen LogP contribution in [0.5, 0.6) is 5.75 Å². The third kappa shape index (κ3) is 3.01. The SMILES string of the molecule is O=C(COc1ccccc1)NC1C(=O)NC1CBr. The maximum Gasteiger partial charge on any atom is 0.258 e. The Balaban J connectivity index is 1.77. The third-order valence-electron chi connectivity index (χ3n) is 2.61. The monoisotopic (exact) mass is 312 g/mol. The Labute approximate surface area is 113 Å². The van der Waals surface area contributed by atoms with Crippen molar-refractivity contribution in [2.45, 2.75) is 12.1 Å². The number of amides is 2. The van der Waals surface area contributed by atoms with Crippen molar-refractivity contribution in [2.75, 3.05) is 11.9 Å². The average Bonchev–Trinajstić information content (AvgIpc) is 2.41. The lowest BCUT2D eigenvalue weighted by atomic mass is 10.0. The lowest BCUT2D eigenvalue weighted by molar-refractivity contribution is -0.136. The van der Waals surface area contributed by atoms with Gasteiger partial charge in [-0.25, -0.2) is 0 Å². The van der Waals surface area contributed by atoms with Crippen LogP contribution in [0.2, 0.25) is 0 Å². The van der Waals surface area contributed by atoms with Crippen molar-refractivity contribution in [3.05, 3.63) is 30.3 Å². The van der Waals surface area contributed by atoms with Crippen molar-refractivity contribution < 1.29 is 14.3 Å². The molecule has 0 bridgehead atoms. The van der Waals surface area contributed by atoms with Gasteiger partial charge in [0.15, 0.2) is 6.61 Å². The number of para-hydroxylation sites is 1. The Morgan fingerprint density at radius 2 is 2.11 bits per heavy atom. The minimum absolute atomic E-state index is 0.0434. The molecule has 1 aliphatic heterocycles. The number of benzene rings is 1. The molecule has 1 aromatic rings. The molecule has 96 valence electrons. The molecule has 2 amide bonds. The quantitative estimate of drug-likeness (QED) is 0.612. The number of β-lactam (4-membered cyclic amide) rings is 1. The number of ether oxygens (including phenoxy) is 1. The molecule has 2 N–H and O–H groups in total. The van der Waals surface area contributed by atoms with Crippen molar-refractivity contribution in [3.8, 4) is 5.75 Å². The van der Waals surface area contributed by atoms with Crippen LogP contribution in [-0.2, 0) is 9.59 Å². The number of hydrogen-bond donors (Lipinski definition) is 2. The summed E-state index contributed by atoms with van der Waals surface area (Å²) in [5.41, 5.74) is 0. The topological polar surface area (TPSA) is 67.4 Å². The summed E-state index contributed by atoms with van der Waals surface area (Å²) in [5, 5.41) is 5.93. The highest BCUT2D eigenvalue weighted by molar-refractivity contribution is 9.09. The van der Waals surface area contributed by atoms with Gasteiger partial charge < -0.3 is 15.4 Å². The van der Waals surface area contributed by atoms with E-state index >= 15 is 0 Å². The number of hydrogen-bond acceptors (Lipinski definition) is 3. The van der Waals surface area contributed by atoms with E-state index in [0.717, 1.165) is 0 Å². The van der Waals surface area contributed by atoms with E-state index in [1.54, 1.807) is 12.1 Å². The third-order valence-corrected chi connectivity index (χ3v) is 3.31. The molecular formula is C12H13BrN2O3. The number of alkyl halides is 1. The molecule has 5 nitrogen and oxygen atoms in total. The molecule has 18 heavy (non-hydrogen) atoms. The van der Waals surface area contributed by atoms with E-state index in [4.69, 9.17) is 4.74 Å². The summed E-state index contributed by atoms with van der Waals surface area (Å²) in [7, 11) is 0. The highest BCUT2D eigenvalue weighted by Gasteiger charge is 2.39. The van der Waals surface area contributed by atoms with Crippen molar-refractivity contribution in [2.24, 2.45) is 0 Å². The van der Waals surface area contributed by atoms with Crippen LogP contribution in [0.1, 0.15) is 0 Å². The predicted octanol–water partition coefficient (Wildman–Crippen LogP) is 0.444. The summed E-state index contributed by atoms with van der Waals surface area (Å²) in [6, 6.07) is 8.55. The fraction of sp³-hybridized carbons (Fsp3) is 0.333. The summed E-state index contributed by atoms with van der Waals surface area (Å²) >= 11 is 3.26. The van der Waals surface area contributed by atoms with Gasteiger partial charge >= 0.3 is 0 Å². The highest BCUT2D eigenvalue weighted by atomic mass is 79.9. The summed E-state index contributed by atoms with van der Waals surface area (Å²) in [6.45, 7) is -0.0944. The van der Waals surface area contributed by atoms with Crippen molar-refractivity contribution in [1.29, 1.82) is 0 Å². The van der Waals surface area contributed by atoms with Crippen molar-refractivity contribution in [3.63, 3.8) is 0 Å². The number of halogens is 1. The van der Waals surface area contributed by atoms with E-state index in [-0.39, 0.29) is 24.5 Å². The van der Waals surface area contributed by atoms with Crippen LogP contribution in [-0.4, -0.2) is 35.8 Å². The van der Waals surface area contributed by atoms with E-state index in [2.05, 4.69) is 26.6 Å². The number of nitrogens with one attached hydrogen (secondary N) is 2. The molecule has 1 saturated heterocycles. The molecule has 1 aliphatic rings. The van der Waals surface area contributed by atoms with Crippen LogP contribution in [0, 0.1) is 0 Å². The lowest BCUT2D eigenvalue weighted by Crippen LogP contribution is -2.70. The van der Waals surface area contributed by atoms with Gasteiger partial charge in [0.05, 0.1) is 6.04 Å². The minimum atomic E-state index is -0.462. The van der Waals surface area contributed by atoms with Crippen LogP contribution in [0.25, 0.3) is 0 Å². The van der Waals surface area contributed by atoms with E-state index in [0.29, 0.717) is 11.1 Å². The van der Waals surface area contributed by atoms with Crippen LogP contribution >= 0.6 is 15.9 Å². The van der Waals surface area contributed by atoms with Gasteiger partial charge in [-0.15, -0.1) is 0 Å². The first-order chi connectivity index (χ1) is 8.70. The van der Waals surface area contributed by atoms with Gasteiger partial charge in [0.25, 0.3) is 5.91 Å². The zero-order valence-electron chi connectivity index (χ0n) is 9.56. The molecule has 6 heteroatoms. The van der Waals surface area contributed by atoms with E-state index in [9.17, 15) is 9.59 Å². The van der Waals surface area contributed by atoms with Gasteiger partial charge in [-0.05, 0) is 12.1 Å². The normalized spacial score (nSPS) is 21.7. The molecule has 0 saturated carbocycles. The average molecular weight is 313 g/mol. The van der Waals surface area contributed by atoms with Gasteiger partial charge in [-0.1, -0.05) is 34.1 Å². The van der Waals surface area contributed by atoms with Gasteiger partial charge in [0.1, 0.15) is 11.8 Å². The van der Waals surface area contributed by atoms with Gasteiger partial charge in [-0.3, -0.25) is 9.59 Å². The Kier molecular flexibility index (Phi) is 4.19. The highest BCUT2D eigenvalue weighted by Crippen LogP contribution is 2.10. The predicted molar refractivity (Wildman–Crippen MR) is 69.6 cm³/mol. The van der Waals surface area contributed by atoms with Crippen LogP contribution < -0.4 is 15.4 Å². The number of rotatable bonds is 5. The second-order valence-electron chi connectivity index (χ2n) is 3.92. The van der Waals surface area contributed by atoms with Crippen LogP contribution in [0.3, 0.4) is 0 Å². The van der Waals surface area contributed by atoms with Gasteiger partial charge in [-0.2, -0.15) is 0 Å². The second-order valence-corrected chi connectivity index (χ2v) is 4.56. The first-order valence-electron chi connectivity index (χ1n) is 5.54. The number of carbonyl (C=O) groups excluding carboxylic acids is 2. The summed E-state index contributed by atoms with van der Waals surface area (Å²) < 4.78 is 5.29. The molecule has 0 aliphatic carbocycles. The van der Waals surface area contributed by atoms with E-state index < -0.39 is 6.04 Å². The first-order valence-corrected chi connectivity index (χ1v) is 6.66. The molecule has 0 aromatic heterocycles. The summed E-state index contributed by atoms with van der Waals surface area (Å²) in [5.74, 6) is 0.167. The van der Waals surface area contributed by atoms with Crippen LogP contribution in [0.15, 0.2) is 30.3 Å². The maximum atomic E-state index is 11.6. The Hall–Kier alpha value is -1.56.